The number of hydrogen-bond donors (Lipinski definition) is 1. The molecule has 0 aliphatic heterocycles. The number of aryl methyl sites for hydroxylation is 1. The van der Waals surface area contributed by atoms with Gasteiger partial charge in [0.05, 0.1) is 6.54 Å². The molecule has 0 radical (unpaired) electrons. The molecule has 0 atom stereocenters. The molecule has 1 N–H and O–H groups in total. The molecule has 0 aliphatic carbocycles. The molecule has 0 amide bonds. The molecule has 1 aromatic heterocycles. The number of rotatable bonds is 5. The van der Waals surface area contributed by atoms with E-state index in [1.807, 2.05) is 13.0 Å². The average Bonchev–Trinajstić information content (AvgIpc) is 2.47. The van der Waals surface area contributed by atoms with Crippen molar-refractivity contribution in [3.05, 3.63) is 24.3 Å². The molecular weight excluding hydrogens is 176 g/mol. The van der Waals surface area contributed by atoms with Crippen LogP contribution >= 0.6 is 0 Å². The van der Waals surface area contributed by atoms with Gasteiger partial charge in [0.25, 0.3) is 0 Å². The van der Waals surface area contributed by atoms with E-state index < -0.39 is 0 Å². The fourth-order valence-corrected chi connectivity index (χ4v) is 1.49. The summed E-state index contributed by atoms with van der Waals surface area (Å²) in [6.07, 6.45) is 1.84. The van der Waals surface area contributed by atoms with Crippen molar-refractivity contribution in [3.63, 3.8) is 0 Å². The highest BCUT2D eigenvalue weighted by atomic mass is 15.3. The number of hydrogen-bond acceptors (Lipinski definition) is 3. The largest absolute Gasteiger partial charge is 0.312 e. The van der Waals surface area contributed by atoms with Gasteiger partial charge in [-0.15, -0.1) is 16.8 Å². The molecule has 1 rings (SSSR count). The maximum atomic E-state index is 4.12. The van der Waals surface area contributed by atoms with E-state index in [0.717, 1.165) is 24.7 Å². The van der Waals surface area contributed by atoms with E-state index in [-0.39, 0.29) is 0 Å². The minimum atomic E-state index is 0.408. The molecule has 0 saturated carbocycles. The van der Waals surface area contributed by atoms with Crippen LogP contribution in [0.15, 0.2) is 12.7 Å². The van der Waals surface area contributed by atoms with Gasteiger partial charge in [0.15, 0.2) is 0 Å². The van der Waals surface area contributed by atoms with Crippen LogP contribution in [0, 0.1) is 6.92 Å². The van der Waals surface area contributed by atoms with Crippen LogP contribution in [-0.4, -0.2) is 21.3 Å². The fraction of sp³-hybridized carbons (Fsp3) is 0.600. The van der Waals surface area contributed by atoms with Crippen LogP contribution in [0.3, 0.4) is 0 Å². The van der Waals surface area contributed by atoms with Gasteiger partial charge in [0.2, 0.25) is 0 Å². The van der Waals surface area contributed by atoms with Crippen LogP contribution in [0.25, 0.3) is 0 Å². The molecule has 4 nitrogen and oxygen atoms in total. The molecule has 0 spiro atoms. The molecule has 0 aliphatic rings. The van der Waals surface area contributed by atoms with Crippen LogP contribution in [0.5, 0.6) is 0 Å². The smallest absolute Gasteiger partial charge is 0.147 e. The summed E-state index contributed by atoms with van der Waals surface area (Å²) in [5.74, 6) is 1.95. The van der Waals surface area contributed by atoms with Crippen LogP contribution in [0.2, 0.25) is 0 Å². The standard InChI is InChI=1S/C10H18N4/c1-5-6-11-7-10-13-12-9(4)14(10)8(2)3/h5,8,11H,1,6-7H2,2-4H3. The van der Waals surface area contributed by atoms with Gasteiger partial charge in [0, 0.05) is 12.6 Å². The maximum Gasteiger partial charge on any atom is 0.147 e. The van der Waals surface area contributed by atoms with Crippen molar-refractivity contribution in [2.45, 2.75) is 33.4 Å². The van der Waals surface area contributed by atoms with E-state index in [4.69, 9.17) is 0 Å². The third-order valence-electron chi connectivity index (χ3n) is 2.03. The predicted octanol–water partition coefficient (Wildman–Crippen LogP) is 1.44. The third kappa shape index (κ3) is 2.42. The topological polar surface area (TPSA) is 42.7 Å². The Labute approximate surface area is 85.0 Å². The lowest BCUT2D eigenvalue weighted by atomic mass is 10.3. The van der Waals surface area contributed by atoms with Crippen molar-refractivity contribution >= 4 is 0 Å². The maximum absolute atomic E-state index is 4.12. The second-order valence-electron chi connectivity index (χ2n) is 3.55. The molecule has 1 heterocycles. The van der Waals surface area contributed by atoms with Gasteiger partial charge in [-0.1, -0.05) is 6.08 Å². The minimum Gasteiger partial charge on any atom is -0.312 e. The van der Waals surface area contributed by atoms with Gasteiger partial charge < -0.3 is 9.88 Å². The lowest BCUT2D eigenvalue weighted by molar-refractivity contribution is 0.539. The number of nitrogens with one attached hydrogen (secondary N) is 1. The first-order valence-electron chi connectivity index (χ1n) is 4.88. The van der Waals surface area contributed by atoms with Crippen LogP contribution < -0.4 is 5.32 Å². The highest BCUT2D eigenvalue weighted by Gasteiger charge is 2.10. The zero-order valence-corrected chi connectivity index (χ0v) is 9.12. The Morgan fingerprint density at radius 1 is 1.50 bits per heavy atom. The molecule has 14 heavy (non-hydrogen) atoms. The molecule has 78 valence electrons. The zero-order valence-electron chi connectivity index (χ0n) is 9.12. The summed E-state index contributed by atoms with van der Waals surface area (Å²) >= 11 is 0. The highest BCUT2D eigenvalue weighted by Crippen LogP contribution is 2.10. The molecule has 0 aromatic carbocycles. The van der Waals surface area contributed by atoms with E-state index in [9.17, 15) is 0 Å². The quantitative estimate of drug-likeness (QED) is 0.570. The molecule has 0 saturated heterocycles. The Morgan fingerprint density at radius 3 is 2.79 bits per heavy atom. The Balaban J connectivity index is 2.71. The van der Waals surface area contributed by atoms with Gasteiger partial charge in [-0.05, 0) is 20.8 Å². The van der Waals surface area contributed by atoms with Crippen LogP contribution in [0.1, 0.15) is 31.5 Å². The van der Waals surface area contributed by atoms with Crippen molar-refractivity contribution in [1.29, 1.82) is 0 Å². The molecule has 0 bridgehead atoms. The number of nitrogens with zero attached hydrogens (tertiary/aromatic N) is 3. The lowest BCUT2D eigenvalue weighted by Gasteiger charge is -2.12. The molecule has 0 fully saturated rings. The Hall–Kier alpha value is -1.16. The average molecular weight is 194 g/mol. The Morgan fingerprint density at radius 2 is 2.21 bits per heavy atom. The SMILES string of the molecule is C=CCNCc1nnc(C)n1C(C)C. The van der Waals surface area contributed by atoms with Crippen molar-refractivity contribution in [2.24, 2.45) is 0 Å². The second kappa shape index (κ2) is 4.91. The predicted molar refractivity (Wildman–Crippen MR) is 57.0 cm³/mol. The summed E-state index contributed by atoms with van der Waals surface area (Å²) in [6.45, 7) is 11.4. The van der Waals surface area contributed by atoms with Gasteiger partial charge >= 0.3 is 0 Å². The summed E-state index contributed by atoms with van der Waals surface area (Å²) in [4.78, 5) is 0. The zero-order chi connectivity index (χ0) is 10.6. The summed E-state index contributed by atoms with van der Waals surface area (Å²) in [5.41, 5.74) is 0. The summed E-state index contributed by atoms with van der Waals surface area (Å²) < 4.78 is 2.14. The molecular formula is C10H18N4. The van der Waals surface area contributed by atoms with E-state index in [0.29, 0.717) is 6.04 Å². The summed E-state index contributed by atoms with van der Waals surface area (Å²) in [6, 6.07) is 0.408. The van der Waals surface area contributed by atoms with Gasteiger partial charge in [-0.3, -0.25) is 0 Å². The summed E-state index contributed by atoms with van der Waals surface area (Å²) in [5, 5.41) is 11.4. The van der Waals surface area contributed by atoms with Crippen molar-refractivity contribution in [2.75, 3.05) is 6.54 Å². The van der Waals surface area contributed by atoms with Gasteiger partial charge in [-0.25, -0.2) is 0 Å². The van der Waals surface area contributed by atoms with Crippen LogP contribution in [0.4, 0.5) is 0 Å². The van der Waals surface area contributed by atoms with Crippen molar-refractivity contribution in [1.82, 2.24) is 20.1 Å². The van der Waals surface area contributed by atoms with E-state index in [2.05, 4.69) is 40.5 Å². The van der Waals surface area contributed by atoms with E-state index in [1.54, 1.807) is 0 Å². The normalized spacial score (nSPS) is 10.9. The number of aromatic nitrogens is 3. The Kier molecular flexibility index (Phi) is 3.83. The second-order valence-corrected chi connectivity index (χ2v) is 3.55. The van der Waals surface area contributed by atoms with Gasteiger partial charge in [0.1, 0.15) is 11.6 Å². The van der Waals surface area contributed by atoms with Gasteiger partial charge in [-0.2, -0.15) is 0 Å². The molecule has 1 aromatic rings. The first-order valence-corrected chi connectivity index (χ1v) is 4.88. The summed E-state index contributed by atoms with van der Waals surface area (Å²) in [7, 11) is 0. The highest BCUT2D eigenvalue weighted by molar-refractivity contribution is 4.96. The van der Waals surface area contributed by atoms with Crippen molar-refractivity contribution < 1.29 is 0 Å². The first-order chi connectivity index (χ1) is 6.66. The Bertz CT molecular complexity index is 301. The first kappa shape index (κ1) is 10.9. The molecule has 0 unspecified atom stereocenters. The van der Waals surface area contributed by atoms with Crippen molar-refractivity contribution in [3.8, 4) is 0 Å². The van der Waals surface area contributed by atoms with Crippen LogP contribution in [-0.2, 0) is 6.54 Å². The fourth-order valence-electron chi connectivity index (χ4n) is 1.49. The van der Waals surface area contributed by atoms with E-state index in [1.165, 1.54) is 0 Å². The monoisotopic (exact) mass is 194 g/mol. The minimum absolute atomic E-state index is 0.408. The lowest BCUT2D eigenvalue weighted by Crippen LogP contribution is -2.18. The molecule has 4 heteroatoms. The van der Waals surface area contributed by atoms with E-state index >= 15 is 0 Å². The third-order valence-corrected chi connectivity index (χ3v) is 2.03.